The molecule has 0 saturated carbocycles. The van der Waals surface area contributed by atoms with Crippen molar-refractivity contribution in [2.24, 2.45) is 0 Å². The van der Waals surface area contributed by atoms with Crippen LogP contribution in [0.25, 0.3) is 0 Å². The number of hydrogen-bond acceptors (Lipinski definition) is 3. The van der Waals surface area contributed by atoms with Crippen molar-refractivity contribution in [2.75, 3.05) is 5.32 Å². The van der Waals surface area contributed by atoms with Gasteiger partial charge in [-0.05, 0) is 24.1 Å². The van der Waals surface area contributed by atoms with E-state index in [4.69, 9.17) is 0 Å². The molecular weight excluding hydrogens is 168 g/mol. The normalized spacial score (nSPS) is 19.3. The van der Waals surface area contributed by atoms with Crippen molar-refractivity contribution >= 4 is 5.69 Å². The molecule has 1 heterocycles. The first-order valence-corrected chi connectivity index (χ1v) is 4.02. The molecule has 4 heteroatoms. The van der Waals surface area contributed by atoms with E-state index in [9.17, 15) is 10.1 Å². The summed E-state index contributed by atoms with van der Waals surface area (Å²) in [7, 11) is 0. The molecule has 1 atom stereocenters. The average molecular weight is 177 g/mol. The molecule has 0 bridgehead atoms. The third-order valence-electron chi connectivity index (χ3n) is 2.16. The molecule has 0 aliphatic carbocycles. The number of anilines is 1. The zero-order valence-corrected chi connectivity index (χ0v) is 6.99. The molecule has 1 aliphatic heterocycles. The maximum absolute atomic E-state index is 10.5. The summed E-state index contributed by atoms with van der Waals surface area (Å²) in [6.45, 7) is 3.77. The minimum atomic E-state index is -0.670. The summed E-state index contributed by atoms with van der Waals surface area (Å²) >= 11 is 0. The summed E-state index contributed by atoms with van der Waals surface area (Å²) in [4.78, 5) is 10.2. The van der Waals surface area contributed by atoms with E-state index in [1.54, 1.807) is 0 Å². The minimum Gasteiger partial charge on any atom is -0.323 e. The Labute approximate surface area is 75.7 Å². The molecule has 13 heavy (non-hydrogen) atoms. The van der Waals surface area contributed by atoms with Crippen molar-refractivity contribution in [3.8, 4) is 0 Å². The fourth-order valence-electron chi connectivity index (χ4n) is 1.52. The van der Waals surface area contributed by atoms with E-state index in [1.807, 2.05) is 18.2 Å². The standard InChI is InChI=1S/C9H9N2O2/c1-6-2-3-8-7(4-6)5-9(10-8)11(12)13/h2-4,9-10H,1,5H2. The highest BCUT2D eigenvalue weighted by Crippen LogP contribution is 2.26. The fourth-order valence-corrected chi connectivity index (χ4v) is 1.52. The number of benzene rings is 1. The predicted octanol–water partition coefficient (Wildman–Crippen LogP) is 1.44. The quantitative estimate of drug-likeness (QED) is 0.521. The molecule has 0 amide bonds. The van der Waals surface area contributed by atoms with Crippen LogP contribution in [0.5, 0.6) is 0 Å². The molecule has 2 rings (SSSR count). The molecule has 0 fully saturated rings. The van der Waals surface area contributed by atoms with Crippen LogP contribution in [0.4, 0.5) is 5.69 Å². The molecule has 1 aromatic carbocycles. The van der Waals surface area contributed by atoms with Crippen LogP contribution in [-0.4, -0.2) is 11.1 Å². The SMILES string of the molecule is [CH2]c1ccc2c(c1)CC([N+](=O)[O-])N2. The molecule has 67 valence electrons. The lowest BCUT2D eigenvalue weighted by Crippen LogP contribution is -2.25. The van der Waals surface area contributed by atoms with Crippen molar-refractivity contribution in [3.05, 3.63) is 46.4 Å². The topological polar surface area (TPSA) is 55.2 Å². The number of nitro groups is 1. The van der Waals surface area contributed by atoms with Gasteiger partial charge in [0.05, 0.1) is 6.42 Å². The second-order valence-electron chi connectivity index (χ2n) is 3.14. The first-order chi connectivity index (χ1) is 6.16. The monoisotopic (exact) mass is 177 g/mol. The predicted molar refractivity (Wildman–Crippen MR) is 49.0 cm³/mol. The van der Waals surface area contributed by atoms with Gasteiger partial charge < -0.3 is 5.32 Å². The number of rotatable bonds is 1. The molecule has 1 N–H and O–H groups in total. The van der Waals surface area contributed by atoms with Gasteiger partial charge in [0, 0.05) is 10.6 Å². The van der Waals surface area contributed by atoms with Gasteiger partial charge in [-0.1, -0.05) is 12.1 Å². The van der Waals surface area contributed by atoms with Gasteiger partial charge in [0.1, 0.15) is 0 Å². The van der Waals surface area contributed by atoms with Gasteiger partial charge in [-0.25, -0.2) is 0 Å². The largest absolute Gasteiger partial charge is 0.323 e. The van der Waals surface area contributed by atoms with Crippen molar-refractivity contribution in [3.63, 3.8) is 0 Å². The Bertz CT molecular complexity index is 363. The van der Waals surface area contributed by atoms with Crippen LogP contribution in [0.1, 0.15) is 11.1 Å². The van der Waals surface area contributed by atoms with E-state index in [0.717, 1.165) is 16.8 Å². The van der Waals surface area contributed by atoms with E-state index in [2.05, 4.69) is 12.2 Å². The van der Waals surface area contributed by atoms with E-state index in [0.29, 0.717) is 6.42 Å². The van der Waals surface area contributed by atoms with E-state index >= 15 is 0 Å². The van der Waals surface area contributed by atoms with Crippen molar-refractivity contribution in [2.45, 2.75) is 12.6 Å². The van der Waals surface area contributed by atoms with Gasteiger partial charge in [0.25, 0.3) is 6.17 Å². The molecule has 1 aliphatic rings. The molecule has 0 saturated heterocycles. The van der Waals surface area contributed by atoms with E-state index in [-0.39, 0.29) is 4.92 Å². The second-order valence-corrected chi connectivity index (χ2v) is 3.14. The Hall–Kier alpha value is -1.58. The van der Waals surface area contributed by atoms with Crippen LogP contribution in [0, 0.1) is 17.0 Å². The lowest BCUT2D eigenvalue weighted by molar-refractivity contribution is -0.513. The zero-order chi connectivity index (χ0) is 9.42. The van der Waals surface area contributed by atoms with Gasteiger partial charge >= 0.3 is 0 Å². The summed E-state index contributed by atoms with van der Waals surface area (Å²) in [5.41, 5.74) is 2.73. The van der Waals surface area contributed by atoms with Gasteiger partial charge in [-0.2, -0.15) is 0 Å². The lowest BCUT2D eigenvalue weighted by Gasteiger charge is -2.00. The minimum absolute atomic E-state index is 0.303. The highest BCUT2D eigenvalue weighted by molar-refractivity contribution is 5.57. The van der Waals surface area contributed by atoms with Gasteiger partial charge in [-0.3, -0.25) is 10.1 Å². The first kappa shape index (κ1) is 8.04. The van der Waals surface area contributed by atoms with Crippen LogP contribution in [-0.2, 0) is 6.42 Å². The molecule has 1 radical (unpaired) electrons. The summed E-state index contributed by atoms with van der Waals surface area (Å²) in [6, 6.07) is 5.56. The van der Waals surface area contributed by atoms with Gasteiger partial charge in [0.15, 0.2) is 0 Å². The van der Waals surface area contributed by atoms with Crippen LogP contribution < -0.4 is 5.32 Å². The molecule has 1 unspecified atom stereocenters. The highest BCUT2D eigenvalue weighted by Gasteiger charge is 2.28. The van der Waals surface area contributed by atoms with Crippen molar-refractivity contribution < 1.29 is 4.92 Å². The highest BCUT2D eigenvalue weighted by atomic mass is 16.6. The summed E-state index contributed by atoms with van der Waals surface area (Å²) in [5, 5.41) is 13.3. The van der Waals surface area contributed by atoms with Crippen LogP contribution in [0.15, 0.2) is 18.2 Å². The first-order valence-electron chi connectivity index (χ1n) is 4.02. The zero-order valence-electron chi connectivity index (χ0n) is 6.99. The Balaban J connectivity index is 2.30. The Kier molecular flexibility index (Phi) is 1.69. The van der Waals surface area contributed by atoms with Crippen LogP contribution in [0.3, 0.4) is 0 Å². The molecule has 1 aromatic rings. The second kappa shape index (κ2) is 2.73. The Morgan fingerprint density at radius 1 is 1.62 bits per heavy atom. The van der Waals surface area contributed by atoms with Gasteiger partial charge in [0.2, 0.25) is 0 Å². The van der Waals surface area contributed by atoms with Crippen LogP contribution >= 0.6 is 0 Å². The number of nitrogens with one attached hydrogen (secondary N) is 1. The Morgan fingerprint density at radius 3 is 3.08 bits per heavy atom. The van der Waals surface area contributed by atoms with Crippen molar-refractivity contribution in [1.82, 2.24) is 0 Å². The number of hydrogen-bond donors (Lipinski definition) is 1. The average Bonchev–Trinajstić information content (AvgIpc) is 2.46. The Morgan fingerprint density at radius 2 is 2.38 bits per heavy atom. The van der Waals surface area contributed by atoms with Crippen molar-refractivity contribution in [1.29, 1.82) is 0 Å². The summed E-state index contributed by atoms with van der Waals surface area (Å²) < 4.78 is 0. The molecule has 4 nitrogen and oxygen atoms in total. The number of nitrogens with zero attached hydrogens (tertiary/aromatic N) is 1. The summed E-state index contributed by atoms with van der Waals surface area (Å²) in [6.07, 6.45) is -0.220. The van der Waals surface area contributed by atoms with Crippen LogP contribution in [0.2, 0.25) is 0 Å². The third-order valence-corrected chi connectivity index (χ3v) is 2.16. The molecular formula is C9H9N2O2. The van der Waals surface area contributed by atoms with Gasteiger partial charge in [-0.15, -0.1) is 0 Å². The van der Waals surface area contributed by atoms with E-state index < -0.39 is 6.17 Å². The maximum atomic E-state index is 10.5. The smallest absolute Gasteiger partial charge is 0.288 e. The fraction of sp³-hybridized carbons (Fsp3) is 0.222. The summed E-state index contributed by atoms with van der Waals surface area (Å²) in [5.74, 6) is 0. The lowest BCUT2D eigenvalue weighted by atomic mass is 10.1. The molecule has 0 aromatic heterocycles. The number of fused-ring (bicyclic) bond motifs is 1. The molecule has 0 spiro atoms. The third kappa shape index (κ3) is 1.35. The maximum Gasteiger partial charge on any atom is 0.288 e. The van der Waals surface area contributed by atoms with E-state index in [1.165, 1.54) is 0 Å².